The van der Waals surface area contributed by atoms with Crippen LogP contribution in [0.3, 0.4) is 0 Å². The van der Waals surface area contributed by atoms with E-state index in [0.29, 0.717) is 17.9 Å². The number of carboxylic acids is 1. The van der Waals surface area contributed by atoms with E-state index in [1.54, 1.807) is 18.2 Å². The molecular formula is C39H45BN7O4. The largest absolute Gasteiger partial charge is 0.478 e. The van der Waals surface area contributed by atoms with Crippen molar-refractivity contribution in [3.05, 3.63) is 108 Å². The van der Waals surface area contributed by atoms with Gasteiger partial charge < -0.3 is 30.5 Å². The number of imidazole rings is 1. The van der Waals surface area contributed by atoms with E-state index in [2.05, 4.69) is 21.8 Å². The van der Waals surface area contributed by atoms with Gasteiger partial charge in [0.05, 0.1) is 11.0 Å². The number of allylic oxidation sites excluding steroid dienone is 1. The Balaban J connectivity index is 0.000000395. The van der Waals surface area contributed by atoms with Gasteiger partial charge in [-0.15, -0.1) is 0 Å². The highest BCUT2D eigenvalue weighted by Gasteiger charge is 2.16. The molecule has 0 aliphatic carbocycles. The minimum absolute atomic E-state index is 0. The number of nitrogens with two attached hydrogens (primary N) is 1. The number of anilines is 3. The molecule has 0 spiro atoms. The maximum Gasteiger partial charge on any atom is 0.328 e. The van der Waals surface area contributed by atoms with Gasteiger partial charge in [0.2, 0.25) is 5.91 Å². The van der Waals surface area contributed by atoms with Crippen LogP contribution in [0.5, 0.6) is 0 Å². The first-order chi connectivity index (χ1) is 24.0. The summed E-state index contributed by atoms with van der Waals surface area (Å²) in [6.07, 6.45) is 7.75. The molecule has 12 heteroatoms. The zero-order valence-corrected chi connectivity index (χ0v) is 29.8. The van der Waals surface area contributed by atoms with Crippen molar-refractivity contribution in [1.29, 1.82) is 0 Å². The molecule has 5 aromatic rings. The number of pyridine rings is 1. The number of fused-ring (bicyclic) bond motifs is 3. The Bertz CT molecular complexity index is 2000. The highest BCUT2D eigenvalue weighted by Crippen LogP contribution is 2.29. The molecule has 3 aromatic carbocycles. The van der Waals surface area contributed by atoms with Crippen LogP contribution in [0.15, 0.2) is 91.0 Å². The molecule has 0 saturated heterocycles. The number of rotatable bonds is 13. The molecule has 0 aliphatic heterocycles. The molecule has 4 N–H and O–H groups in total. The highest BCUT2D eigenvalue weighted by atomic mass is 16.4. The number of carboxylic acid groups (broad SMARTS) is 1. The van der Waals surface area contributed by atoms with E-state index in [4.69, 9.17) is 15.8 Å². The summed E-state index contributed by atoms with van der Waals surface area (Å²) in [6, 6.07) is 22.9. The van der Waals surface area contributed by atoms with E-state index in [1.165, 1.54) is 12.2 Å². The highest BCUT2D eigenvalue weighted by molar-refractivity contribution is 6.08. The van der Waals surface area contributed by atoms with Crippen LogP contribution >= 0.6 is 0 Å². The molecule has 0 bridgehead atoms. The van der Waals surface area contributed by atoms with E-state index >= 15 is 0 Å². The Morgan fingerprint density at radius 1 is 0.843 bits per heavy atom. The second-order valence-electron chi connectivity index (χ2n) is 12.0. The number of ketones is 1. The summed E-state index contributed by atoms with van der Waals surface area (Å²) in [5.74, 6) is 0.0102. The molecule has 51 heavy (non-hydrogen) atoms. The van der Waals surface area contributed by atoms with Gasteiger partial charge in [-0.05, 0) is 73.0 Å². The van der Waals surface area contributed by atoms with Crippen molar-refractivity contribution in [2.45, 2.75) is 32.7 Å². The summed E-state index contributed by atoms with van der Waals surface area (Å²) in [5, 5.41) is 12.3. The van der Waals surface area contributed by atoms with Crippen LogP contribution in [0, 0.1) is 0 Å². The number of benzene rings is 3. The van der Waals surface area contributed by atoms with Crippen molar-refractivity contribution in [3.8, 4) is 0 Å². The molecule has 3 radical (unpaired) electrons. The summed E-state index contributed by atoms with van der Waals surface area (Å²) in [4.78, 5) is 48.0. The number of unbranched alkanes of at least 4 members (excludes halogenated alkanes) is 1. The second-order valence-corrected chi connectivity index (χ2v) is 12.0. The molecule has 0 saturated carbocycles. The number of nitrogens with one attached hydrogen (secondary N) is 1. The Morgan fingerprint density at radius 3 is 2.08 bits per heavy atom. The zero-order valence-electron chi connectivity index (χ0n) is 29.8. The fraction of sp³-hybridized carbons (Fsp3) is 0.256. The van der Waals surface area contributed by atoms with Gasteiger partial charge in [-0.2, -0.15) is 0 Å². The van der Waals surface area contributed by atoms with Crippen molar-refractivity contribution >= 4 is 71.3 Å². The van der Waals surface area contributed by atoms with Crippen molar-refractivity contribution in [3.63, 3.8) is 0 Å². The van der Waals surface area contributed by atoms with Crippen LogP contribution in [-0.2, 0) is 22.6 Å². The number of amides is 1. The van der Waals surface area contributed by atoms with E-state index in [1.807, 2.05) is 98.7 Å². The third kappa shape index (κ3) is 10.8. The van der Waals surface area contributed by atoms with Crippen LogP contribution in [0.2, 0.25) is 0 Å². The smallest absolute Gasteiger partial charge is 0.328 e. The van der Waals surface area contributed by atoms with Gasteiger partial charge in [0, 0.05) is 90.6 Å². The number of carbonyl (C=O) groups excluding carboxylic acids is 2. The third-order valence-electron chi connectivity index (χ3n) is 8.00. The lowest BCUT2D eigenvalue weighted by molar-refractivity contribution is -0.131. The van der Waals surface area contributed by atoms with Crippen LogP contribution in [-0.4, -0.2) is 80.4 Å². The summed E-state index contributed by atoms with van der Waals surface area (Å²) >= 11 is 0. The predicted molar refractivity (Wildman–Crippen MR) is 209 cm³/mol. The third-order valence-corrected chi connectivity index (χ3v) is 8.00. The fourth-order valence-electron chi connectivity index (χ4n) is 5.30. The van der Waals surface area contributed by atoms with E-state index < -0.39 is 5.97 Å². The lowest BCUT2D eigenvalue weighted by atomic mass is 10.1. The Morgan fingerprint density at radius 2 is 1.47 bits per heavy atom. The standard InChI is InChI=1S/C28H32N6O2.C11H13NO2.B/c1-4-24-32-26-27(21-9-5-6-10-22(21)31-28(26)29)34(24)18-8-7-17-30-25(36)16-15-23(35)19-11-13-20(14-12-19)33(2)3;1-12(2)10-6-3-9(4-7-10)5-8-11(13)14;/h5-6,9-16H,4,7-8,17-18H2,1-3H3,(H2,29,31)(H,30,36);3-8H,1-2H3,(H,13,14);/b16-15+;8-5+;. The lowest BCUT2D eigenvalue weighted by Gasteiger charge is -2.11. The number of hydrogen-bond donors (Lipinski definition) is 3. The fourth-order valence-corrected chi connectivity index (χ4v) is 5.30. The first kappa shape index (κ1) is 39.5. The average Bonchev–Trinajstić information content (AvgIpc) is 3.49. The molecule has 0 unspecified atom stereocenters. The average molecular weight is 687 g/mol. The molecular weight excluding hydrogens is 641 g/mol. The van der Waals surface area contributed by atoms with Crippen LogP contribution in [0.25, 0.3) is 28.0 Å². The normalized spacial score (nSPS) is 10.9. The zero-order chi connectivity index (χ0) is 36.2. The van der Waals surface area contributed by atoms with Gasteiger partial charge >= 0.3 is 5.97 Å². The Hall–Kier alpha value is -5.91. The molecule has 0 aliphatic rings. The van der Waals surface area contributed by atoms with E-state index in [0.717, 1.165) is 76.6 Å². The van der Waals surface area contributed by atoms with Gasteiger partial charge in [-0.1, -0.05) is 37.3 Å². The van der Waals surface area contributed by atoms with Crippen LogP contribution in [0.1, 0.15) is 41.5 Å². The second kappa shape index (κ2) is 18.7. The maximum absolute atomic E-state index is 12.3. The van der Waals surface area contributed by atoms with Gasteiger partial charge in [0.1, 0.15) is 11.3 Å². The Kier molecular flexibility index (Phi) is 14.5. The number of aryl methyl sites for hydroxylation is 2. The number of aliphatic carboxylic acids is 1. The minimum atomic E-state index is -0.929. The maximum atomic E-state index is 12.3. The van der Waals surface area contributed by atoms with Crippen LogP contribution < -0.4 is 20.9 Å². The SMILES string of the molecule is CCc1nc2c(N)nc3ccccc3c2n1CCCCNC(=O)/C=C/C(=O)c1ccc(N(C)C)cc1.CN(C)c1ccc(/C=C/C(=O)O)cc1.[B]. The summed E-state index contributed by atoms with van der Waals surface area (Å²) < 4.78 is 2.22. The van der Waals surface area contributed by atoms with Crippen LogP contribution in [0.4, 0.5) is 17.2 Å². The van der Waals surface area contributed by atoms with Crippen molar-refractivity contribution in [1.82, 2.24) is 19.9 Å². The molecule has 263 valence electrons. The summed E-state index contributed by atoms with van der Waals surface area (Å²) in [6.45, 7) is 3.36. The van der Waals surface area contributed by atoms with Gasteiger partial charge in [0.15, 0.2) is 11.6 Å². The molecule has 11 nitrogen and oxygen atoms in total. The first-order valence-corrected chi connectivity index (χ1v) is 16.5. The number of para-hydroxylation sites is 1. The van der Waals surface area contributed by atoms with E-state index in [9.17, 15) is 14.4 Å². The summed E-state index contributed by atoms with van der Waals surface area (Å²) in [7, 11) is 7.80. The number of hydrogen-bond acceptors (Lipinski definition) is 8. The molecule has 1 amide bonds. The van der Waals surface area contributed by atoms with E-state index in [-0.39, 0.29) is 20.1 Å². The summed E-state index contributed by atoms with van der Waals surface area (Å²) in [5.41, 5.74) is 12.4. The van der Waals surface area contributed by atoms with Gasteiger partial charge in [-0.25, -0.2) is 14.8 Å². The molecule has 5 rings (SSSR count). The predicted octanol–water partition coefficient (Wildman–Crippen LogP) is 5.60. The molecule has 2 aromatic heterocycles. The number of aromatic nitrogens is 3. The van der Waals surface area contributed by atoms with Gasteiger partial charge in [0.25, 0.3) is 0 Å². The molecule has 2 heterocycles. The topological polar surface area (TPSA) is 147 Å². The molecule has 0 fully saturated rings. The van der Waals surface area contributed by atoms with Crippen molar-refractivity contribution in [2.24, 2.45) is 0 Å². The van der Waals surface area contributed by atoms with Gasteiger partial charge in [-0.3, -0.25) is 9.59 Å². The van der Waals surface area contributed by atoms with Crippen molar-refractivity contribution in [2.75, 3.05) is 50.3 Å². The monoisotopic (exact) mass is 686 g/mol. The first-order valence-electron chi connectivity index (χ1n) is 16.5. The quantitative estimate of drug-likeness (QED) is 0.0624. The van der Waals surface area contributed by atoms with Crippen molar-refractivity contribution < 1.29 is 19.5 Å². The Labute approximate surface area is 301 Å². The molecule has 0 atom stereocenters. The number of carbonyl (C=O) groups is 3. The number of nitrogens with zero attached hydrogens (tertiary/aromatic N) is 5. The lowest BCUT2D eigenvalue weighted by Crippen LogP contribution is -2.22. The minimum Gasteiger partial charge on any atom is -0.478 e. The number of nitrogen functional groups attached to an aromatic ring is 1.